The van der Waals surface area contributed by atoms with E-state index in [2.05, 4.69) is 5.32 Å². The Kier molecular flexibility index (Phi) is 4.75. The Labute approximate surface area is 122 Å². The first-order valence-corrected chi connectivity index (χ1v) is 6.59. The van der Waals surface area contributed by atoms with Crippen LogP contribution in [0.2, 0.25) is 5.02 Å². The fourth-order valence-electron chi connectivity index (χ4n) is 1.76. The van der Waals surface area contributed by atoms with Gasteiger partial charge >= 0.3 is 0 Å². The third-order valence-corrected chi connectivity index (χ3v) is 3.10. The Morgan fingerprint density at radius 3 is 2.35 bits per heavy atom. The molecule has 1 N–H and O–H groups in total. The fraction of sp³-hybridized carbons (Fsp3) is 0.125. The largest absolute Gasteiger partial charge is 0.326 e. The number of nitriles is 1. The number of anilines is 1. The Morgan fingerprint density at radius 1 is 1.10 bits per heavy atom. The topological polar surface area (TPSA) is 52.9 Å². The molecule has 0 aromatic heterocycles. The summed E-state index contributed by atoms with van der Waals surface area (Å²) < 4.78 is 0. The number of rotatable bonds is 4. The maximum atomic E-state index is 11.8. The third-order valence-electron chi connectivity index (χ3n) is 2.85. The van der Waals surface area contributed by atoms with Crippen molar-refractivity contribution in [2.45, 2.75) is 12.8 Å². The Bertz CT molecular complexity index is 627. The predicted octanol–water partition coefficient (Wildman–Crippen LogP) is 3.78. The van der Waals surface area contributed by atoms with Crippen molar-refractivity contribution in [1.82, 2.24) is 0 Å². The molecule has 0 unspecified atom stereocenters. The number of benzene rings is 2. The molecule has 2 rings (SSSR count). The van der Waals surface area contributed by atoms with Gasteiger partial charge in [-0.05, 0) is 48.4 Å². The van der Waals surface area contributed by atoms with Gasteiger partial charge in [-0.25, -0.2) is 0 Å². The average molecular weight is 285 g/mol. The Balaban J connectivity index is 1.86. The monoisotopic (exact) mass is 284 g/mol. The molecule has 2 aromatic rings. The van der Waals surface area contributed by atoms with Crippen molar-refractivity contribution in [3.8, 4) is 6.07 Å². The zero-order chi connectivity index (χ0) is 14.4. The molecule has 2 aromatic carbocycles. The molecule has 0 fully saturated rings. The second kappa shape index (κ2) is 6.74. The molecule has 0 aliphatic heterocycles. The molecule has 0 saturated heterocycles. The minimum absolute atomic E-state index is 0.0512. The van der Waals surface area contributed by atoms with Gasteiger partial charge in [0, 0.05) is 17.1 Å². The van der Waals surface area contributed by atoms with Crippen LogP contribution < -0.4 is 5.32 Å². The second-order valence-corrected chi connectivity index (χ2v) is 4.80. The van der Waals surface area contributed by atoms with Crippen LogP contribution in [0.3, 0.4) is 0 Å². The van der Waals surface area contributed by atoms with E-state index in [0.717, 1.165) is 5.56 Å². The normalized spacial score (nSPS) is 9.80. The van der Waals surface area contributed by atoms with Crippen LogP contribution in [-0.4, -0.2) is 5.91 Å². The first-order chi connectivity index (χ1) is 9.67. The number of nitrogens with one attached hydrogen (secondary N) is 1. The summed E-state index contributed by atoms with van der Waals surface area (Å²) in [5.41, 5.74) is 2.35. The summed E-state index contributed by atoms with van der Waals surface area (Å²) in [6, 6.07) is 16.3. The molecule has 20 heavy (non-hydrogen) atoms. The molecular weight excluding hydrogens is 272 g/mol. The molecule has 0 saturated carbocycles. The SMILES string of the molecule is N#Cc1ccc(NC(=O)CCc2ccc(Cl)cc2)cc1. The van der Waals surface area contributed by atoms with Gasteiger partial charge in [-0.2, -0.15) is 5.26 Å². The van der Waals surface area contributed by atoms with Gasteiger partial charge in [0.25, 0.3) is 0 Å². The van der Waals surface area contributed by atoms with Crippen LogP contribution in [0.25, 0.3) is 0 Å². The highest BCUT2D eigenvalue weighted by atomic mass is 35.5. The number of halogens is 1. The molecule has 4 heteroatoms. The van der Waals surface area contributed by atoms with Crippen LogP contribution in [0.4, 0.5) is 5.69 Å². The fourth-order valence-corrected chi connectivity index (χ4v) is 1.89. The second-order valence-electron chi connectivity index (χ2n) is 4.36. The zero-order valence-corrected chi connectivity index (χ0v) is 11.5. The smallest absolute Gasteiger partial charge is 0.224 e. The predicted molar refractivity (Wildman–Crippen MR) is 79.6 cm³/mol. The number of aryl methyl sites for hydroxylation is 1. The minimum atomic E-state index is -0.0512. The van der Waals surface area contributed by atoms with Crippen molar-refractivity contribution < 1.29 is 4.79 Å². The number of hydrogen-bond donors (Lipinski definition) is 1. The van der Waals surface area contributed by atoms with Crippen molar-refractivity contribution in [2.24, 2.45) is 0 Å². The van der Waals surface area contributed by atoms with E-state index in [9.17, 15) is 4.79 Å². The van der Waals surface area contributed by atoms with Crippen LogP contribution in [0.5, 0.6) is 0 Å². The van der Waals surface area contributed by atoms with Crippen LogP contribution in [-0.2, 0) is 11.2 Å². The molecule has 1 amide bonds. The molecular formula is C16H13ClN2O. The summed E-state index contributed by atoms with van der Waals surface area (Å²) >= 11 is 5.80. The minimum Gasteiger partial charge on any atom is -0.326 e. The molecule has 0 radical (unpaired) electrons. The summed E-state index contributed by atoms with van der Waals surface area (Å²) in [5, 5.41) is 12.2. The summed E-state index contributed by atoms with van der Waals surface area (Å²) in [5.74, 6) is -0.0512. The zero-order valence-electron chi connectivity index (χ0n) is 10.8. The van der Waals surface area contributed by atoms with Gasteiger partial charge in [-0.15, -0.1) is 0 Å². The molecule has 100 valence electrons. The number of nitrogens with zero attached hydrogens (tertiary/aromatic N) is 1. The lowest BCUT2D eigenvalue weighted by Gasteiger charge is -2.05. The summed E-state index contributed by atoms with van der Waals surface area (Å²) in [6.45, 7) is 0. The quantitative estimate of drug-likeness (QED) is 0.929. The highest BCUT2D eigenvalue weighted by Gasteiger charge is 2.03. The lowest BCUT2D eigenvalue weighted by atomic mass is 10.1. The molecule has 0 spiro atoms. The van der Waals surface area contributed by atoms with Crippen molar-refractivity contribution in [1.29, 1.82) is 5.26 Å². The van der Waals surface area contributed by atoms with Crippen molar-refractivity contribution >= 4 is 23.2 Å². The van der Waals surface area contributed by atoms with E-state index >= 15 is 0 Å². The summed E-state index contributed by atoms with van der Waals surface area (Å²) in [6.07, 6.45) is 1.07. The van der Waals surface area contributed by atoms with Crippen LogP contribution in [0.1, 0.15) is 17.5 Å². The highest BCUT2D eigenvalue weighted by Crippen LogP contribution is 2.12. The van der Waals surface area contributed by atoms with Crippen LogP contribution in [0, 0.1) is 11.3 Å². The molecule has 0 atom stereocenters. The number of carbonyl (C=O) groups is 1. The van der Waals surface area contributed by atoms with E-state index in [1.165, 1.54) is 0 Å². The van der Waals surface area contributed by atoms with Gasteiger partial charge in [-0.1, -0.05) is 23.7 Å². The summed E-state index contributed by atoms with van der Waals surface area (Å²) in [7, 11) is 0. The molecule has 0 aliphatic carbocycles. The van der Waals surface area contributed by atoms with E-state index < -0.39 is 0 Å². The van der Waals surface area contributed by atoms with E-state index in [1.807, 2.05) is 30.3 Å². The van der Waals surface area contributed by atoms with Gasteiger partial charge in [0.2, 0.25) is 5.91 Å². The lowest BCUT2D eigenvalue weighted by molar-refractivity contribution is -0.116. The standard InChI is InChI=1S/C16H13ClN2O/c17-14-6-1-12(2-7-14)5-10-16(20)19-15-8-3-13(11-18)4-9-15/h1-4,6-9H,5,10H2,(H,19,20). The lowest BCUT2D eigenvalue weighted by Crippen LogP contribution is -2.12. The van der Waals surface area contributed by atoms with Crippen LogP contribution in [0.15, 0.2) is 48.5 Å². The third kappa shape index (κ3) is 4.11. The highest BCUT2D eigenvalue weighted by molar-refractivity contribution is 6.30. The van der Waals surface area contributed by atoms with Gasteiger partial charge in [-0.3, -0.25) is 4.79 Å². The Morgan fingerprint density at radius 2 is 1.75 bits per heavy atom. The van der Waals surface area contributed by atoms with Crippen molar-refractivity contribution in [2.75, 3.05) is 5.32 Å². The van der Waals surface area contributed by atoms with Gasteiger partial charge in [0.1, 0.15) is 0 Å². The van der Waals surface area contributed by atoms with Gasteiger partial charge < -0.3 is 5.32 Å². The number of hydrogen-bond acceptors (Lipinski definition) is 2. The first kappa shape index (κ1) is 14.1. The number of amides is 1. The van der Waals surface area contributed by atoms with Crippen molar-refractivity contribution in [3.05, 3.63) is 64.7 Å². The molecule has 0 heterocycles. The maximum absolute atomic E-state index is 11.8. The van der Waals surface area contributed by atoms with E-state index in [4.69, 9.17) is 16.9 Å². The number of carbonyl (C=O) groups excluding carboxylic acids is 1. The first-order valence-electron chi connectivity index (χ1n) is 6.22. The molecule has 3 nitrogen and oxygen atoms in total. The Hall–Kier alpha value is -2.31. The summed E-state index contributed by atoms with van der Waals surface area (Å²) in [4.78, 5) is 11.8. The van der Waals surface area contributed by atoms with E-state index in [0.29, 0.717) is 29.1 Å². The van der Waals surface area contributed by atoms with Gasteiger partial charge in [0.15, 0.2) is 0 Å². The van der Waals surface area contributed by atoms with Crippen LogP contribution >= 0.6 is 11.6 Å². The van der Waals surface area contributed by atoms with Gasteiger partial charge in [0.05, 0.1) is 11.6 Å². The van der Waals surface area contributed by atoms with Crippen molar-refractivity contribution in [3.63, 3.8) is 0 Å². The molecule has 0 aliphatic rings. The van der Waals surface area contributed by atoms with E-state index in [1.54, 1.807) is 24.3 Å². The maximum Gasteiger partial charge on any atom is 0.224 e. The van der Waals surface area contributed by atoms with E-state index in [-0.39, 0.29) is 5.91 Å². The molecule has 0 bridgehead atoms. The average Bonchev–Trinajstić information content (AvgIpc) is 2.47.